The second kappa shape index (κ2) is 8.79. The van der Waals surface area contributed by atoms with Gasteiger partial charge in [-0.25, -0.2) is 0 Å². The SMILES string of the molecule is COc1ccc(-c2cccs2)c(OC)c1-c1c(OC(C)=O)cccc1OC(C)=O. The number of carbonyl (C=O) groups is 2. The summed E-state index contributed by atoms with van der Waals surface area (Å²) in [6.45, 7) is 2.61. The Labute approximate surface area is 172 Å². The van der Waals surface area contributed by atoms with Crippen LogP contribution >= 0.6 is 11.3 Å². The molecule has 0 saturated carbocycles. The summed E-state index contributed by atoms with van der Waals surface area (Å²) < 4.78 is 22.2. The van der Waals surface area contributed by atoms with E-state index >= 15 is 0 Å². The molecule has 0 aliphatic heterocycles. The summed E-state index contributed by atoms with van der Waals surface area (Å²) in [6, 6.07) is 12.5. The number of esters is 2. The molecule has 0 aliphatic carbocycles. The molecule has 7 heteroatoms. The molecule has 1 aromatic heterocycles. The van der Waals surface area contributed by atoms with E-state index < -0.39 is 11.9 Å². The maximum atomic E-state index is 11.7. The number of thiophene rings is 1. The normalized spacial score (nSPS) is 10.3. The van der Waals surface area contributed by atoms with E-state index in [1.807, 2.05) is 23.6 Å². The predicted octanol–water partition coefficient (Wildman–Crippen LogP) is 4.95. The van der Waals surface area contributed by atoms with Crippen molar-refractivity contribution in [3.05, 3.63) is 47.8 Å². The topological polar surface area (TPSA) is 71.1 Å². The van der Waals surface area contributed by atoms with E-state index in [4.69, 9.17) is 18.9 Å². The molecule has 150 valence electrons. The van der Waals surface area contributed by atoms with Gasteiger partial charge in [0.05, 0.1) is 25.3 Å². The van der Waals surface area contributed by atoms with Crippen LogP contribution in [0.4, 0.5) is 0 Å². The van der Waals surface area contributed by atoms with Gasteiger partial charge in [-0.1, -0.05) is 12.1 Å². The van der Waals surface area contributed by atoms with Crippen LogP contribution < -0.4 is 18.9 Å². The number of hydrogen-bond donors (Lipinski definition) is 0. The highest BCUT2D eigenvalue weighted by Gasteiger charge is 2.26. The van der Waals surface area contributed by atoms with Gasteiger partial charge in [-0.2, -0.15) is 0 Å². The van der Waals surface area contributed by atoms with E-state index in [0.29, 0.717) is 22.6 Å². The minimum absolute atomic E-state index is 0.233. The molecular formula is C22H20O6S. The van der Waals surface area contributed by atoms with Crippen molar-refractivity contribution in [1.82, 2.24) is 0 Å². The molecule has 0 unspecified atom stereocenters. The first-order chi connectivity index (χ1) is 14.0. The fraction of sp³-hybridized carbons (Fsp3) is 0.182. The first-order valence-corrected chi connectivity index (χ1v) is 9.63. The van der Waals surface area contributed by atoms with Crippen LogP contribution in [-0.4, -0.2) is 26.2 Å². The molecule has 0 bridgehead atoms. The molecule has 2 aromatic carbocycles. The molecule has 1 heterocycles. The predicted molar refractivity (Wildman–Crippen MR) is 111 cm³/mol. The molecule has 29 heavy (non-hydrogen) atoms. The Bertz CT molecular complexity index is 1010. The number of carbonyl (C=O) groups excluding carboxylic acids is 2. The summed E-state index contributed by atoms with van der Waals surface area (Å²) in [5.41, 5.74) is 1.75. The monoisotopic (exact) mass is 412 g/mol. The first kappa shape index (κ1) is 20.4. The van der Waals surface area contributed by atoms with Crippen LogP contribution in [0.3, 0.4) is 0 Å². The third-order valence-electron chi connectivity index (χ3n) is 4.08. The van der Waals surface area contributed by atoms with E-state index in [2.05, 4.69) is 0 Å². The molecule has 0 atom stereocenters. The molecule has 0 radical (unpaired) electrons. The van der Waals surface area contributed by atoms with Gasteiger partial charge in [0, 0.05) is 24.3 Å². The Morgan fingerprint density at radius 2 is 1.41 bits per heavy atom. The van der Waals surface area contributed by atoms with Crippen molar-refractivity contribution < 1.29 is 28.5 Å². The fourth-order valence-corrected chi connectivity index (χ4v) is 3.80. The van der Waals surface area contributed by atoms with Gasteiger partial charge in [-0.05, 0) is 35.7 Å². The number of methoxy groups -OCH3 is 2. The first-order valence-electron chi connectivity index (χ1n) is 8.75. The lowest BCUT2D eigenvalue weighted by atomic mass is 9.97. The van der Waals surface area contributed by atoms with Crippen LogP contribution in [-0.2, 0) is 9.59 Å². The number of ether oxygens (including phenoxy) is 4. The van der Waals surface area contributed by atoms with E-state index in [0.717, 1.165) is 10.4 Å². The lowest BCUT2D eigenvalue weighted by Crippen LogP contribution is -2.07. The van der Waals surface area contributed by atoms with Crippen molar-refractivity contribution in [3.8, 4) is 44.6 Å². The molecule has 0 N–H and O–H groups in total. The molecule has 0 saturated heterocycles. The fourth-order valence-electron chi connectivity index (χ4n) is 3.05. The van der Waals surface area contributed by atoms with Gasteiger partial charge in [0.1, 0.15) is 23.0 Å². The third kappa shape index (κ3) is 4.25. The van der Waals surface area contributed by atoms with Gasteiger partial charge in [-0.3, -0.25) is 9.59 Å². The Balaban J connectivity index is 2.38. The summed E-state index contributed by atoms with van der Waals surface area (Å²) in [4.78, 5) is 24.4. The van der Waals surface area contributed by atoms with Crippen LogP contribution in [0.2, 0.25) is 0 Å². The lowest BCUT2D eigenvalue weighted by Gasteiger charge is -2.20. The highest BCUT2D eigenvalue weighted by atomic mass is 32.1. The van der Waals surface area contributed by atoms with Crippen molar-refractivity contribution >= 4 is 23.3 Å². The minimum atomic E-state index is -0.501. The standard InChI is InChI=1S/C22H20O6S/c1-13(23)27-17-7-5-8-18(28-14(2)24)20(17)21-16(25-3)11-10-15(22(21)26-4)19-9-6-12-29-19/h5-12H,1-4H3. The van der Waals surface area contributed by atoms with E-state index in [9.17, 15) is 9.59 Å². The van der Waals surface area contributed by atoms with Gasteiger partial charge < -0.3 is 18.9 Å². The third-order valence-corrected chi connectivity index (χ3v) is 4.98. The molecule has 3 rings (SSSR count). The summed E-state index contributed by atoms with van der Waals surface area (Å²) in [6.07, 6.45) is 0. The molecule has 0 aliphatic rings. The van der Waals surface area contributed by atoms with Gasteiger partial charge in [0.2, 0.25) is 0 Å². The van der Waals surface area contributed by atoms with Crippen molar-refractivity contribution in [3.63, 3.8) is 0 Å². The average Bonchev–Trinajstić information content (AvgIpc) is 3.21. The minimum Gasteiger partial charge on any atom is -0.496 e. The van der Waals surface area contributed by atoms with Crippen LogP contribution in [0, 0.1) is 0 Å². The van der Waals surface area contributed by atoms with Gasteiger partial charge >= 0.3 is 11.9 Å². The summed E-state index contributed by atoms with van der Waals surface area (Å²) in [5, 5.41) is 1.97. The zero-order valence-corrected chi connectivity index (χ0v) is 17.3. The van der Waals surface area contributed by atoms with Crippen LogP contribution in [0.5, 0.6) is 23.0 Å². The maximum absolute atomic E-state index is 11.7. The molecule has 0 amide bonds. The van der Waals surface area contributed by atoms with Crippen LogP contribution in [0.25, 0.3) is 21.6 Å². The molecular weight excluding hydrogens is 392 g/mol. The number of hydrogen-bond acceptors (Lipinski definition) is 7. The smallest absolute Gasteiger partial charge is 0.308 e. The quantitative estimate of drug-likeness (QED) is 0.421. The lowest BCUT2D eigenvalue weighted by molar-refractivity contribution is -0.132. The summed E-state index contributed by atoms with van der Waals surface area (Å²) in [5.74, 6) is 0.458. The maximum Gasteiger partial charge on any atom is 0.308 e. The Kier molecular flexibility index (Phi) is 6.19. The molecule has 6 nitrogen and oxygen atoms in total. The molecule has 3 aromatic rings. The average molecular weight is 412 g/mol. The number of benzene rings is 2. The van der Waals surface area contributed by atoms with Crippen molar-refractivity contribution in [1.29, 1.82) is 0 Å². The highest BCUT2D eigenvalue weighted by molar-refractivity contribution is 7.13. The van der Waals surface area contributed by atoms with Crippen molar-refractivity contribution in [2.45, 2.75) is 13.8 Å². The van der Waals surface area contributed by atoms with E-state index in [1.54, 1.807) is 42.7 Å². The largest absolute Gasteiger partial charge is 0.496 e. The van der Waals surface area contributed by atoms with Crippen LogP contribution in [0.15, 0.2) is 47.8 Å². The van der Waals surface area contributed by atoms with Gasteiger partial charge in [-0.15, -0.1) is 11.3 Å². The zero-order chi connectivity index (χ0) is 21.0. The summed E-state index contributed by atoms with van der Waals surface area (Å²) in [7, 11) is 3.08. The summed E-state index contributed by atoms with van der Waals surface area (Å²) >= 11 is 1.56. The van der Waals surface area contributed by atoms with Gasteiger partial charge in [0.15, 0.2) is 0 Å². The highest BCUT2D eigenvalue weighted by Crippen LogP contribution is 2.51. The zero-order valence-electron chi connectivity index (χ0n) is 16.5. The second-order valence-electron chi connectivity index (χ2n) is 6.02. The van der Waals surface area contributed by atoms with E-state index in [-0.39, 0.29) is 11.5 Å². The Hall–Kier alpha value is -3.32. The Morgan fingerprint density at radius 1 is 0.759 bits per heavy atom. The second-order valence-corrected chi connectivity index (χ2v) is 6.97. The molecule has 0 spiro atoms. The van der Waals surface area contributed by atoms with Gasteiger partial charge in [0.25, 0.3) is 0 Å². The van der Waals surface area contributed by atoms with Crippen molar-refractivity contribution in [2.24, 2.45) is 0 Å². The Morgan fingerprint density at radius 3 is 1.90 bits per heavy atom. The van der Waals surface area contributed by atoms with E-state index in [1.165, 1.54) is 21.0 Å². The van der Waals surface area contributed by atoms with Crippen LogP contribution in [0.1, 0.15) is 13.8 Å². The number of rotatable bonds is 6. The molecule has 0 fully saturated rings. The van der Waals surface area contributed by atoms with Crippen molar-refractivity contribution in [2.75, 3.05) is 14.2 Å².